The molecule has 2 heterocycles. The van der Waals surface area contributed by atoms with Crippen molar-refractivity contribution in [2.45, 2.75) is 13.3 Å². The van der Waals surface area contributed by atoms with E-state index in [0.29, 0.717) is 5.76 Å². The molecule has 0 radical (unpaired) electrons. The van der Waals surface area contributed by atoms with Crippen molar-refractivity contribution in [3.63, 3.8) is 0 Å². The van der Waals surface area contributed by atoms with Gasteiger partial charge >= 0.3 is 5.97 Å². The third kappa shape index (κ3) is 1.80. The highest BCUT2D eigenvalue weighted by atomic mass is 16.4. The fourth-order valence-corrected chi connectivity index (χ4v) is 1.64. The molecule has 0 aliphatic carbocycles. The fourth-order valence-electron chi connectivity index (χ4n) is 1.64. The minimum Gasteiger partial charge on any atom is -0.481 e. The molecule has 0 bridgehead atoms. The molecule has 1 fully saturated rings. The van der Waals surface area contributed by atoms with E-state index in [1.807, 2.05) is 6.92 Å². The molecule has 1 aromatic heterocycles. The van der Waals surface area contributed by atoms with E-state index in [2.05, 4.69) is 0 Å². The zero-order chi connectivity index (χ0) is 11.7. The maximum absolute atomic E-state index is 11.8. The van der Waals surface area contributed by atoms with E-state index >= 15 is 0 Å². The molecule has 1 N–H and O–H groups in total. The number of furan rings is 1. The van der Waals surface area contributed by atoms with Crippen molar-refractivity contribution in [1.29, 1.82) is 0 Å². The van der Waals surface area contributed by atoms with Gasteiger partial charge in [0.25, 0.3) is 5.91 Å². The number of carbonyl (C=O) groups is 2. The van der Waals surface area contributed by atoms with Gasteiger partial charge in [0, 0.05) is 19.5 Å². The first-order valence-electron chi connectivity index (χ1n) is 5.22. The van der Waals surface area contributed by atoms with Gasteiger partial charge in [-0.2, -0.15) is 0 Å². The average molecular weight is 223 g/mol. The van der Waals surface area contributed by atoms with Crippen LogP contribution in [-0.2, 0) is 11.2 Å². The van der Waals surface area contributed by atoms with Crippen LogP contribution in [0.2, 0.25) is 0 Å². The molecule has 0 unspecified atom stereocenters. The average Bonchev–Trinajstić information content (AvgIpc) is 2.62. The first-order chi connectivity index (χ1) is 7.61. The number of carbonyl (C=O) groups excluding carboxylic acids is 1. The number of carboxylic acids is 1. The highest BCUT2D eigenvalue weighted by Crippen LogP contribution is 2.20. The quantitative estimate of drug-likeness (QED) is 0.829. The SMILES string of the molecule is CCc1ccc(C(=O)N2CC(C(=O)O)C2)o1. The molecule has 0 aromatic carbocycles. The molecule has 1 saturated heterocycles. The smallest absolute Gasteiger partial charge is 0.310 e. The largest absolute Gasteiger partial charge is 0.481 e. The maximum Gasteiger partial charge on any atom is 0.310 e. The number of amides is 1. The standard InChI is InChI=1S/C11H13NO4/c1-2-8-3-4-9(16-8)10(13)12-5-7(6-12)11(14)15/h3-4,7H,2,5-6H2,1H3,(H,14,15). The second-order valence-corrected chi connectivity index (χ2v) is 3.86. The zero-order valence-corrected chi connectivity index (χ0v) is 8.97. The van der Waals surface area contributed by atoms with E-state index in [-0.39, 0.29) is 19.0 Å². The summed E-state index contributed by atoms with van der Waals surface area (Å²) >= 11 is 0. The summed E-state index contributed by atoms with van der Waals surface area (Å²) in [7, 11) is 0. The third-order valence-electron chi connectivity index (χ3n) is 2.74. The third-order valence-corrected chi connectivity index (χ3v) is 2.74. The van der Waals surface area contributed by atoms with Crippen LogP contribution in [0.15, 0.2) is 16.5 Å². The Morgan fingerprint density at radius 2 is 2.19 bits per heavy atom. The molecule has 1 amide bonds. The summed E-state index contributed by atoms with van der Waals surface area (Å²) in [5, 5.41) is 8.68. The monoisotopic (exact) mass is 223 g/mol. The van der Waals surface area contributed by atoms with E-state index in [9.17, 15) is 9.59 Å². The topological polar surface area (TPSA) is 70.8 Å². The minimum atomic E-state index is -0.849. The lowest BCUT2D eigenvalue weighted by atomic mass is 10.0. The number of rotatable bonds is 3. The second-order valence-electron chi connectivity index (χ2n) is 3.86. The van der Waals surface area contributed by atoms with Crippen LogP contribution in [-0.4, -0.2) is 35.0 Å². The van der Waals surface area contributed by atoms with Gasteiger partial charge in [0.2, 0.25) is 0 Å². The predicted molar refractivity (Wildman–Crippen MR) is 55.1 cm³/mol. The van der Waals surface area contributed by atoms with Crippen LogP contribution >= 0.6 is 0 Å². The second kappa shape index (κ2) is 4.00. The van der Waals surface area contributed by atoms with E-state index in [4.69, 9.17) is 9.52 Å². The number of hydrogen-bond acceptors (Lipinski definition) is 3. The van der Waals surface area contributed by atoms with Crippen molar-refractivity contribution >= 4 is 11.9 Å². The number of nitrogens with zero attached hydrogens (tertiary/aromatic N) is 1. The van der Waals surface area contributed by atoms with Crippen LogP contribution in [0.5, 0.6) is 0 Å². The summed E-state index contributed by atoms with van der Waals surface area (Å²) < 4.78 is 5.31. The Kier molecular flexibility index (Phi) is 2.68. The van der Waals surface area contributed by atoms with Crippen LogP contribution < -0.4 is 0 Å². The molecular formula is C11H13NO4. The summed E-state index contributed by atoms with van der Waals surface area (Å²) in [5.41, 5.74) is 0. The molecule has 0 atom stereocenters. The first-order valence-corrected chi connectivity index (χ1v) is 5.22. The van der Waals surface area contributed by atoms with Gasteiger partial charge < -0.3 is 14.4 Å². The van der Waals surface area contributed by atoms with Gasteiger partial charge in [-0.1, -0.05) is 6.92 Å². The molecule has 86 valence electrons. The van der Waals surface area contributed by atoms with Crippen LogP contribution in [0.3, 0.4) is 0 Å². The van der Waals surface area contributed by atoms with Crippen molar-refractivity contribution in [3.05, 3.63) is 23.7 Å². The van der Waals surface area contributed by atoms with Gasteiger partial charge in [0.05, 0.1) is 5.92 Å². The lowest BCUT2D eigenvalue weighted by Gasteiger charge is -2.35. The highest BCUT2D eigenvalue weighted by molar-refractivity contribution is 5.93. The van der Waals surface area contributed by atoms with Crippen molar-refractivity contribution in [2.24, 2.45) is 5.92 Å². The number of hydrogen-bond donors (Lipinski definition) is 1. The van der Waals surface area contributed by atoms with Crippen molar-refractivity contribution < 1.29 is 19.1 Å². The van der Waals surface area contributed by atoms with Gasteiger partial charge in [0.15, 0.2) is 5.76 Å². The summed E-state index contributed by atoms with van der Waals surface area (Å²) in [6.07, 6.45) is 0.741. The number of aliphatic carboxylic acids is 1. The van der Waals surface area contributed by atoms with E-state index in [0.717, 1.165) is 12.2 Å². The van der Waals surface area contributed by atoms with Gasteiger partial charge in [0.1, 0.15) is 5.76 Å². The van der Waals surface area contributed by atoms with Crippen LogP contribution in [0.4, 0.5) is 0 Å². The Hall–Kier alpha value is -1.78. The summed E-state index contributed by atoms with van der Waals surface area (Å²) in [4.78, 5) is 23.8. The molecule has 0 saturated carbocycles. The lowest BCUT2D eigenvalue weighted by Crippen LogP contribution is -2.52. The zero-order valence-electron chi connectivity index (χ0n) is 8.97. The number of likely N-dealkylation sites (tertiary alicyclic amines) is 1. The van der Waals surface area contributed by atoms with Gasteiger partial charge in [-0.15, -0.1) is 0 Å². The minimum absolute atomic E-state index is 0.225. The Morgan fingerprint density at radius 1 is 1.50 bits per heavy atom. The molecule has 2 rings (SSSR count). The Morgan fingerprint density at radius 3 is 2.69 bits per heavy atom. The van der Waals surface area contributed by atoms with Crippen LogP contribution in [0, 0.1) is 5.92 Å². The molecular weight excluding hydrogens is 210 g/mol. The maximum atomic E-state index is 11.8. The fraction of sp³-hybridized carbons (Fsp3) is 0.455. The van der Waals surface area contributed by atoms with Gasteiger partial charge in [-0.25, -0.2) is 0 Å². The lowest BCUT2D eigenvalue weighted by molar-refractivity contribution is -0.146. The number of aryl methyl sites for hydroxylation is 1. The van der Waals surface area contributed by atoms with Crippen molar-refractivity contribution in [3.8, 4) is 0 Å². The summed E-state index contributed by atoms with van der Waals surface area (Å²) in [5.74, 6) is -0.446. The molecule has 1 aliphatic heterocycles. The van der Waals surface area contributed by atoms with Crippen molar-refractivity contribution in [2.75, 3.05) is 13.1 Å². The van der Waals surface area contributed by atoms with E-state index in [1.54, 1.807) is 12.1 Å². The van der Waals surface area contributed by atoms with Crippen LogP contribution in [0.1, 0.15) is 23.2 Å². The highest BCUT2D eigenvalue weighted by Gasteiger charge is 2.36. The van der Waals surface area contributed by atoms with E-state index < -0.39 is 11.9 Å². The first kappa shape index (κ1) is 10.7. The molecule has 5 nitrogen and oxygen atoms in total. The van der Waals surface area contributed by atoms with Gasteiger partial charge in [-0.3, -0.25) is 9.59 Å². The summed E-state index contributed by atoms with van der Waals surface area (Å²) in [6, 6.07) is 3.40. The van der Waals surface area contributed by atoms with E-state index in [1.165, 1.54) is 4.90 Å². The molecule has 16 heavy (non-hydrogen) atoms. The Labute approximate surface area is 92.7 Å². The molecule has 5 heteroatoms. The van der Waals surface area contributed by atoms with Gasteiger partial charge in [-0.05, 0) is 12.1 Å². The van der Waals surface area contributed by atoms with Crippen molar-refractivity contribution in [1.82, 2.24) is 4.90 Å². The molecule has 1 aliphatic rings. The number of carboxylic acid groups (broad SMARTS) is 1. The molecule has 1 aromatic rings. The Bertz CT molecular complexity index is 417. The Balaban J connectivity index is 1.97. The predicted octanol–water partition coefficient (Wildman–Crippen LogP) is 0.999. The van der Waals surface area contributed by atoms with Crippen LogP contribution in [0.25, 0.3) is 0 Å². The normalized spacial score (nSPS) is 15.9. The summed E-state index contributed by atoms with van der Waals surface area (Å²) in [6.45, 7) is 2.49. The molecule has 0 spiro atoms.